The molecule has 0 unspecified atom stereocenters. The zero-order chi connectivity index (χ0) is 19.7. The molecule has 0 bridgehead atoms. The summed E-state index contributed by atoms with van der Waals surface area (Å²) in [4.78, 5) is 26.4. The fourth-order valence-electron chi connectivity index (χ4n) is 3.23. The first-order chi connectivity index (χ1) is 13.6. The van der Waals surface area contributed by atoms with Crippen LogP contribution in [0.2, 0.25) is 0 Å². The van der Waals surface area contributed by atoms with Gasteiger partial charge in [0.1, 0.15) is 6.54 Å². The molecule has 0 saturated carbocycles. The lowest BCUT2D eigenvalue weighted by Crippen LogP contribution is -2.39. The molecular weight excluding hydrogens is 366 g/mol. The maximum atomic E-state index is 12.7. The van der Waals surface area contributed by atoms with E-state index in [1.54, 1.807) is 31.3 Å². The number of benzene rings is 1. The van der Waals surface area contributed by atoms with Gasteiger partial charge < -0.3 is 23.2 Å². The van der Waals surface area contributed by atoms with Crippen LogP contribution in [0.3, 0.4) is 0 Å². The highest BCUT2D eigenvalue weighted by Gasteiger charge is 2.24. The van der Waals surface area contributed by atoms with Gasteiger partial charge in [0.2, 0.25) is 5.91 Å². The number of carbonyl (C=O) groups excluding carboxylic acids is 1. The molecule has 0 radical (unpaired) electrons. The zero-order valence-corrected chi connectivity index (χ0v) is 15.5. The van der Waals surface area contributed by atoms with Gasteiger partial charge in [-0.3, -0.25) is 4.79 Å². The van der Waals surface area contributed by atoms with E-state index in [4.69, 9.17) is 18.3 Å². The lowest BCUT2D eigenvalue weighted by molar-refractivity contribution is -0.133. The van der Waals surface area contributed by atoms with Crippen LogP contribution in [0.25, 0.3) is 11.7 Å². The molecular formula is C19H19N3O6. The molecule has 0 N–H and O–H groups in total. The summed E-state index contributed by atoms with van der Waals surface area (Å²) in [6, 6.07) is 7.10. The Bertz CT molecular complexity index is 1050. The third-order valence-electron chi connectivity index (χ3n) is 4.69. The molecule has 0 atom stereocenters. The molecule has 1 aromatic carbocycles. The minimum Gasteiger partial charge on any atom is -0.493 e. The van der Waals surface area contributed by atoms with Gasteiger partial charge in [-0.15, -0.1) is 5.10 Å². The van der Waals surface area contributed by atoms with Gasteiger partial charge in [-0.1, -0.05) is 0 Å². The molecule has 0 spiro atoms. The minimum absolute atomic E-state index is 0.0450. The normalized spacial score (nSPS) is 13.3. The molecule has 0 saturated heterocycles. The van der Waals surface area contributed by atoms with E-state index in [1.165, 1.54) is 6.26 Å². The summed E-state index contributed by atoms with van der Waals surface area (Å²) in [5, 5.41) is 4.04. The van der Waals surface area contributed by atoms with E-state index >= 15 is 0 Å². The van der Waals surface area contributed by atoms with E-state index in [-0.39, 0.29) is 18.3 Å². The SMILES string of the molecule is COc1cc2c(cc1OC)CN(C(=O)Cn1nc(-c3ccco3)oc1=O)CC2. The molecule has 9 nitrogen and oxygen atoms in total. The van der Waals surface area contributed by atoms with E-state index in [1.807, 2.05) is 12.1 Å². The van der Waals surface area contributed by atoms with Crippen LogP contribution in [0.15, 0.2) is 44.2 Å². The number of hydrogen-bond donors (Lipinski definition) is 0. The van der Waals surface area contributed by atoms with E-state index in [0.717, 1.165) is 15.8 Å². The smallest absolute Gasteiger partial charge is 0.437 e. The molecule has 1 aliphatic rings. The van der Waals surface area contributed by atoms with Crippen LogP contribution >= 0.6 is 0 Å². The van der Waals surface area contributed by atoms with Gasteiger partial charge in [0, 0.05) is 13.1 Å². The summed E-state index contributed by atoms with van der Waals surface area (Å²) in [6.45, 7) is 0.761. The third-order valence-corrected chi connectivity index (χ3v) is 4.69. The summed E-state index contributed by atoms with van der Waals surface area (Å²) < 4.78 is 21.9. The minimum atomic E-state index is -0.705. The van der Waals surface area contributed by atoms with Crippen LogP contribution in [0.5, 0.6) is 11.5 Å². The van der Waals surface area contributed by atoms with Crippen molar-refractivity contribution in [2.45, 2.75) is 19.5 Å². The Kier molecular flexibility index (Phi) is 4.64. The Balaban J connectivity index is 1.50. The zero-order valence-electron chi connectivity index (χ0n) is 15.5. The van der Waals surface area contributed by atoms with Gasteiger partial charge in [0.05, 0.1) is 20.5 Å². The van der Waals surface area contributed by atoms with E-state index in [2.05, 4.69) is 5.10 Å². The van der Waals surface area contributed by atoms with Gasteiger partial charge in [-0.2, -0.15) is 4.68 Å². The fraction of sp³-hybridized carbons (Fsp3) is 0.316. The molecule has 1 amide bonds. The largest absolute Gasteiger partial charge is 0.493 e. The molecule has 0 aliphatic carbocycles. The van der Waals surface area contributed by atoms with Crippen molar-refractivity contribution in [3.8, 4) is 23.1 Å². The Morgan fingerprint density at radius 1 is 1.21 bits per heavy atom. The number of rotatable bonds is 5. The number of ether oxygens (including phenoxy) is 2. The summed E-state index contributed by atoms with van der Waals surface area (Å²) in [6.07, 6.45) is 2.14. The highest BCUT2D eigenvalue weighted by atomic mass is 16.5. The first-order valence-corrected chi connectivity index (χ1v) is 8.72. The average Bonchev–Trinajstić information content (AvgIpc) is 3.36. The third kappa shape index (κ3) is 3.26. The van der Waals surface area contributed by atoms with Crippen molar-refractivity contribution >= 4 is 5.91 Å². The van der Waals surface area contributed by atoms with E-state index < -0.39 is 5.76 Å². The van der Waals surface area contributed by atoms with Gasteiger partial charge in [0.25, 0.3) is 5.89 Å². The first-order valence-electron chi connectivity index (χ1n) is 8.72. The van der Waals surface area contributed by atoms with Crippen LogP contribution in [0.1, 0.15) is 11.1 Å². The number of aromatic nitrogens is 2. The van der Waals surface area contributed by atoms with E-state index in [0.29, 0.717) is 36.8 Å². The molecule has 3 aromatic rings. The quantitative estimate of drug-likeness (QED) is 0.659. The molecule has 4 rings (SSSR count). The second kappa shape index (κ2) is 7.26. The number of furan rings is 1. The van der Waals surface area contributed by atoms with Gasteiger partial charge >= 0.3 is 5.76 Å². The number of methoxy groups -OCH3 is 2. The van der Waals surface area contributed by atoms with Crippen molar-refractivity contribution in [1.82, 2.24) is 14.7 Å². The van der Waals surface area contributed by atoms with Crippen LogP contribution in [0.4, 0.5) is 0 Å². The first kappa shape index (κ1) is 17.9. The standard InChI is InChI=1S/C19H19N3O6/c1-25-15-8-12-5-6-21(10-13(12)9-16(15)26-2)17(23)11-22-19(24)28-18(20-22)14-4-3-7-27-14/h3-4,7-9H,5-6,10-11H2,1-2H3. The van der Waals surface area contributed by atoms with Crippen molar-refractivity contribution in [3.63, 3.8) is 0 Å². The maximum absolute atomic E-state index is 12.7. The summed E-state index contributed by atoms with van der Waals surface area (Å²) in [5.74, 6) is 0.734. The second-order valence-corrected chi connectivity index (χ2v) is 6.35. The molecule has 3 heterocycles. The topological polar surface area (TPSA) is 99.9 Å². The lowest BCUT2D eigenvalue weighted by atomic mass is 9.98. The van der Waals surface area contributed by atoms with Gasteiger partial charge in [-0.05, 0) is 41.8 Å². The number of fused-ring (bicyclic) bond motifs is 1. The number of nitrogens with zero attached hydrogens (tertiary/aromatic N) is 3. The molecule has 0 fully saturated rings. The van der Waals surface area contributed by atoms with Crippen LogP contribution in [-0.2, 0) is 24.3 Å². The van der Waals surface area contributed by atoms with Crippen molar-refractivity contribution in [2.75, 3.05) is 20.8 Å². The van der Waals surface area contributed by atoms with Gasteiger partial charge in [0.15, 0.2) is 17.3 Å². The predicted molar refractivity (Wildman–Crippen MR) is 97.1 cm³/mol. The van der Waals surface area contributed by atoms with Crippen molar-refractivity contribution in [1.29, 1.82) is 0 Å². The Morgan fingerprint density at radius 3 is 2.64 bits per heavy atom. The lowest BCUT2D eigenvalue weighted by Gasteiger charge is -2.29. The molecule has 146 valence electrons. The number of amides is 1. The van der Waals surface area contributed by atoms with Crippen LogP contribution < -0.4 is 15.2 Å². The summed E-state index contributed by atoms with van der Waals surface area (Å²) in [5.41, 5.74) is 2.10. The Hall–Kier alpha value is -3.49. The van der Waals surface area contributed by atoms with Crippen LogP contribution in [-0.4, -0.2) is 41.4 Å². The highest BCUT2D eigenvalue weighted by Crippen LogP contribution is 2.33. The van der Waals surface area contributed by atoms with E-state index in [9.17, 15) is 9.59 Å². The van der Waals surface area contributed by atoms with Crippen LogP contribution in [0, 0.1) is 0 Å². The van der Waals surface area contributed by atoms with Gasteiger partial charge in [-0.25, -0.2) is 4.79 Å². The van der Waals surface area contributed by atoms with Crippen molar-refractivity contribution < 1.29 is 23.1 Å². The number of carbonyl (C=O) groups is 1. The maximum Gasteiger partial charge on any atom is 0.437 e. The molecule has 2 aromatic heterocycles. The molecule has 28 heavy (non-hydrogen) atoms. The number of hydrogen-bond acceptors (Lipinski definition) is 7. The van der Waals surface area contributed by atoms with Crippen molar-refractivity contribution in [3.05, 3.63) is 52.2 Å². The monoisotopic (exact) mass is 385 g/mol. The Labute approximate surface area is 160 Å². The fourth-order valence-corrected chi connectivity index (χ4v) is 3.23. The summed E-state index contributed by atoms with van der Waals surface area (Å²) >= 11 is 0. The second-order valence-electron chi connectivity index (χ2n) is 6.35. The molecule has 9 heteroatoms. The summed E-state index contributed by atoms with van der Waals surface area (Å²) in [7, 11) is 3.17. The predicted octanol–water partition coefficient (Wildman–Crippen LogP) is 1.70. The average molecular weight is 385 g/mol. The highest BCUT2D eigenvalue weighted by molar-refractivity contribution is 5.76. The Morgan fingerprint density at radius 2 is 1.96 bits per heavy atom. The van der Waals surface area contributed by atoms with Crippen molar-refractivity contribution in [2.24, 2.45) is 0 Å². The molecule has 1 aliphatic heterocycles.